The summed E-state index contributed by atoms with van der Waals surface area (Å²) in [6.07, 6.45) is 3.47. The number of carbonyl (C=O) groups is 2. The summed E-state index contributed by atoms with van der Waals surface area (Å²) in [6.45, 7) is 0.317. The number of aliphatic carboxylic acids is 1. The van der Waals surface area contributed by atoms with Crippen molar-refractivity contribution in [3.8, 4) is 11.6 Å². The SMILES string of the molecule is O=C(Cc1ccc2nc(-c3nccc4ccccc34)oc2c1)N1C[C@@H](F)C[C@H]1CO[C@H]1CC[C@H](C(=O)O)CC1. The number of carboxylic acids is 1. The van der Waals surface area contributed by atoms with E-state index in [1.165, 1.54) is 0 Å². The molecule has 8 nitrogen and oxygen atoms in total. The van der Waals surface area contributed by atoms with Crippen molar-refractivity contribution in [2.75, 3.05) is 13.2 Å². The van der Waals surface area contributed by atoms with Gasteiger partial charge in [0.1, 0.15) is 17.4 Å². The molecule has 9 heteroatoms. The Balaban J connectivity index is 1.12. The molecule has 6 rings (SSSR count). The third kappa shape index (κ3) is 5.36. The van der Waals surface area contributed by atoms with Crippen LogP contribution in [0.1, 0.15) is 37.7 Å². The first-order valence-corrected chi connectivity index (χ1v) is 13.5. The Kier molecular flexibility index (Phi) is 6.99. The molecular weight excluding hydrogens is 501 g/mol. The second-order valence-electron chi connectivity index (χ2n) is 10.6. The van der Waals surface area contributed by atoms with E-state index in [0.717, 1.165) is 16.3 Å². The Morgan fingerprint density at radius 1 is 1.10 bits per heavy atom. The average molecular weight is 532 g/mol. The highest BCUT2D eigenvalue weighted by Gasteiger charge is 2.36. The highest BCUT2D eigenvalue weighted by Crippen LogP contribution is 2.31. The third-order valence-electron chi connectivity index (χ3n) is 7.92. The molecule has 2 atom stereocenters. The Bertz CT molecular complexity index is 1510. The van der Waals surface area contributed by atoms with Crippen molar-refractivity contribution in [1.29, 1.82) is 0 Å². The number of amides is 1. The molecule has 2 aromatic heterocycles. The van der Waals surface area contributed by atoms with Crippen molar-refractivity contribution in [2.45, 2.75) is 56.8 Å². The second kappa shape index (κ2) is 10.7. The van der Waals surface area contributed by atoms with Gasteiger partial charge in [0.05, 0.1) is 37.6 Å². The van der Waals surface area contributed by atoms with Gasteiger partial charge in [0.25, 0.3) is 0 Å². The molecule has 1 saturated carbocycles. The van der Waals surface area contributed by atoms with E-state index in [4.69, 9.17) is 9.15 Å². The van der Waals surface area contributed by atoms with Crippen molar-refractivity contribution in [3.05, 3.63) is 60.3 Å². The van der Waals surface area contributed by atoms with Gasteiger partial charge in [0, 0.05) is 18.0 Å². The lowest BCUT2D eigenvalue weighted by atomic mass is 9.87. The van der Waals surface area contributed by atoms with Gasteiger partial charge in [-0.2, -0.15) is 0 Å². The molecule has 0 unspecified atom stereocenters. The number of benzene rings is 2. The largest absolute Gasteiger partial charge is 0.481 e. The molecule has 1 saturated heterocycles. The van der Waals surface area contributed by atoms with Gasteiger partial charge >= 0.3 is 5.97 Å². The number of rotatable bonds is 7. The first-order chi connectivity index (χ1) is 18.9. The van der Waals surface area contributed by atoms with Crippen LogP contribution in [0.25, 0.3) is 33.5 Å². The maximum Gasteiger partial charge on any atom is 0.306 e. The number of carboxylic acid groups (broad SMARTS) is 1. The monoisotopic (exact) mass is 531 g/mol. The van der Waals surface area contributed by atoms with Crippen LogP contribution in [0, 0.1) is 5.92 Å². The van der Waals surface area contributed by atoms with Crippen LogP contribution in [0.15, 0.2) is 59.1 Å². The van der Waals surface area contributed by atoms with Crippen LogP contribution in [0.3, 0.4) is 0 Å². The van der Waals surface area contributed by atoms with Gasteiger partial charge < -0.3 is 19.2 Å². The number of alkyl halides is 1. The fourth-order valence-electron chi connectivity index (χ4n) is 5.79. The predicted molar refractivity (Wildman–Crippen MR) is 143 cm³/mol. The van der Waals surface area contributed by atoms with E-state index in [0.29, 0.717) is 48.4 Å². The van der Waals surface area contributed by atoms with Crippen LogP contribution in [-0.4, -0.2) is 63.3 Å². The number of carbonyl (C=O) groups excluding carboxylic acids is 1. The molecule has 0 radical (unpaired) electrons. The molecule has 0 bridgehead atoms. The Morgan fingerprint density at radius 2 is 1.92 bits per heavy atom. The fourth-order valence-corrected chi connectivity index (χ4v) is 5.79. The Labute approximate surface area is 224 Å². The molecule has 2 fully saturated rings. The van der Waals surface area contributed by atoms with Gasteiger partial charge in [-0.15, -0.1) is 0 Å². The van der Waals surface area contributed by atoms with Crippen molar-refractivity contribution in [3.63, 3.8) is 0 Å². The van der Waals surface area contributed by atoms with Gasteiger partial charge in [-0.1, -0.05) is 30.3 Å². The summed E-state index contributed by atoms with van der Waals surface area (Å²) < 4.78 is 26.5. The van der Waals surface area contributed by atoms with E-state index < -0.39 is 12.1 Å². The molecule has 39 heavy (non-hydrogen) atoms. The average Bonchev–Trinajstić information content (AvgIpc) is 3.54. The molecule has 1 aliphatic carbocycles. The highest BCUT2D eigenvalue weighted by molar-refractivity contribution is 5.93. The van der Waals surface area contributed by atoms with Crippen molar-refractivity contribution < 1.29 is 28.2 Å². The molecule has 202 valence electrons. The first-order valence-electron chi connectivity index (χ1n) is 13.5. The van der Waals surface area contributed by atoms with Gasteiger partial charge in [-0.25, -0.2) is 9.37 Å². The van der Waals surface area contributed by atoms with Gasteiger partial charge in [-0.05, 0) is 54.8 Å². The molecule has 1 N–H and O–H groups in total. The summed E-state index contributed by atoms with van der Waals surface area (Å²) in [5.74, 6) is -0.815. The molecule has 2 aliphatic rings. The summed E-state index contributed by atoms with van der Waals surface area (Å²) in [5, 5.41) is 11.2. The maximum absolute atomic E-state index is 14.4. The minimum absolute atomic E-state index is 0.0458. The van der Waals surface area contributed by atoms with Crippen LogP contribution in [0.4, 0.5) is 4.39 Å². The topological polar surface area (TPSA) is 106 Å². The van der Waals surface area contributed by atoms with Gasteiger partial charge in [0.2, 0.25) is 11.8 Å². The molecule has 1 aliphatic heterocycles. The van der Waals surface area contributed by atoms with Crippen LogP contribution < -0.4 is 0 Å². The van der Waals surface area contributed by atoms with E-state index in [1.54, 1.807) is 11.1 Å². The lowest BCUT2D eigenvalue weighted by Crippen LogP contribution is -2.40. The zero-order valence-corrected chi connectivity index (χ0v) is 21.5. The number of pyridine rings is 1. The van der Waals surface area contributed by atoms with Crippen LogP contribution in [0.5, 0.6) is 0 Å². The zero-order valence-electron chi connectivity index (χ0n) is 21.5. The summed E-state index contributed by atoms with van der Waals surface area (Å²) in [4.78, 5) is 35.1. The number of nitrogens with zero attached hydrogens (tertiary/aromatic N) is 3. The quantitative estimate of drug-likeness (QED) is 0.350. The fraction of sp³-hybridized carbons (Fsp3) is 0.400. The van der Waals surface area contributed by atoms with Crippen molar-refractivity contribution >= 4 is 33.7 Å². The number of fused-ring (bicyclic) bond motifs is 2. The maximum atomic E-state index is 14.4. The van der Waals surface area contributed by atoms with E-state index >= 15 is 0 Å². The van der Waals surface area contributed by atoms with Crippen LogP contribution in [-0.2, 0) is 20.7 Å². The summed E-state index contributed by atoms with van der Waals surface area (Å²) >= 11 is 0. The lowest BCUT2D eigenvalue weighted by Gasteiger charge is -2.29. The molecular formula is C30H30FN3O5. The number of ether oxygens (including phenoxy) is 1. The lowest BCUT2D eigenvalue weighted by molar-refractivity contribution is -0.144. The second-order valence-corrected chi connectivity index (χ2v) is 10.6. The van der Waals surface area contributed by atoms with Crippen molar-refractivity contribution in [1.82, 2.24) is 14.9 Å². The van der Waals surface area contributed by atoms with Gasteiger partial charge in [0.15, 0.2) is 5.58 Å². The van der Waals surface area contributed by atoms with Crippen LogP contribution in [0.2, 0.25) is 0 Å². The highest BCUT2D eigenvalue weighted by atomic mass is 19.1. The summed E-state index contributed by atoms with van der Waals surface area (Å²) in [6, 6.07) is 15.0. The van der Waals surface area contributed by atoms with E-state index in [9.17, 15) is 19.1 Å². The molecule has 4 aromatic rings. The number of oxazole rings is 1. The predicted octanol–water partition coefficient (Wildman–Crippen LogP) is 5.18. The Morgan fingerprint density at radius 3 is 2.74 bits per heavy atom. The normalized spacial score (nSPS) is 23.5. The minimum Gasteiger partial charge on any atom is -0.481 e. The van der Waals surface area contributed by atoms with E-state index in [-0.39, 0.29) is 50.0 Å². The summed E-state index contributed by atoms with van der Waals surface area (Å²) in [7, 11) is 0. The number of likely N-dealkylation sites (tertiary alicyclic amines) is 1. The third-order valence-corrected chi connectivity index (χ3v) is 7.92. The number of hydrogen-bond donors (Lipinski definition) is 1. The molecule has 3 heterocycles. The van der Waals surface area contributed by atoms with Crippen molar-refractivity contribution in [2.24, 2.45) is 5.92 Å². The van der Waals surface area contributed by atoms with Gasteiger partial charge in [-0.3, -0.25) is 14.6 Å². The molecule has 1 amide bonds. The molecule has 0 spiro atoms. The van der Waals surface area contributed by atoms with E-state index in [1.807, 2.05) is 48.5 Å². The number of aromatic nitrogens is 2. The smallest absolute Gasteiger partial charge is 0.306 e. The minimum atomic E-state index is -1.09. The number of hydrogen-bond acceptors (Lipinski definition) is 6. The zero-order chi connectivity index (χ0) is 26.9. The summed E-state index contributed by atoms with van der Waals surface area (Å²) in [5.41, 5.74) is 2.65. The standard InChI is InChI=1S/C30H30FN3O5/c31-21-15-22(17-38-23-8-6-20(7-9-23)30(36)37)34(16-21)27(35)14-18-5-10-25-26(13-18)39-29(33-25)28-24-4-2-1-3-19(24)11-12-32-28/h1-5,10-13,20-23H,6-9,14-17H2,(H,36,37)/t20-,21-,22-,23-/m0/s1. The first kappa shape index (κ1) is 25.4. The Hall–Kier alpha value is -3.85. The molecule has 2 aromatic carbocycles. The number of halogens is 1. The van der Waals surface area contributed by atoms with E-state index in [2.05, 4.69) is 9.97 Å². The van der Waals surface area contributed by atoms with Crippen LogP contribution >= 0.6 is 0 Å².